The van der Waals surface area contributed by atoms with Gasteiger partial charge in [0.05, 0.1) is 17.2 Å². The summed E-state index contributed by atoms with van der Waals surface area (Å²) in [7, 11) is 0. The minimum atomic E-state index is -0.857. The van der Waals surface area contributed by atoms with Crippen LogP contribution in [0.3, 0.4) is 0 Å². The van der Waals surface area contributed by atoms with Gasteiger partial charge < -0.3 is 10.2 Å². The summed E-state index contributed by atoms with van der Waals surface area (Å²) in [4.78, 5) is 14.1. The smallest absolute Gasteiger partial charge is 0.137 e. The summed E-state index contributed by atoms with van der Waals surface area (Å²) in [6.45, 7) is 17.3. The summed E-state index contributed by atoms with van der Waals surface area (Å²) < 4.78 is 0. The predicted molar refractivity (Wildman–Crippen MR) is 139 cm³/mol. The van der Waals surface area contributed by atoms with Gasteiger partial charge in [-0.05, 0) is 99.7 Å². The molecule has 35 heavy (non-hydrogen) atoms. The number of carbonyl (C=O) groups excluding carboxylic acids is 1. The molecule has 0 aromatic carbocycles. The van der Waals surface area contributed by atoms with E-state index in [1.165, 1.54) is 5.57 Å². The van der Waals surface area contributed by atoms with E-state index in [2.05, 4.69) is 60.6 Å². The van der Waals surface area contributed by atoms with E-state index in [0.717, 1.165) is 32.1 Å². The molecular formula is C31H47NO3. The van der Waals surface area contributed by atoms with Crippen molar-refractivity contribution in [3.8, 4) is 6.07 Å². The largest absolute Gasteiger partial charge is 0.511 e. The standard InChI is InChI=1S/C31H47NO3/c1-19(2)10-9-13-31(8,35)21-11-14-30(7)25(21)22(33)16-24-28(5)17-20(18-32)26(34)27(3,4)23(28)12-15-29(24,30)6/h10,21,23-25,34-35H,9,11-17H2,1-8H3/t21?,23?,24?,25?,28-,29+,30+,31?/m0/s1. The molecule has 0 radical (unpaired) electrons. The van der Waals surface area contributed by atoms with E-state index in [1.54, 1.807) is 0 Å². The molecule has 8 atom stereocenters. The average molecular weight is 482 g/mol. The van der Waals surface area contributed by atoms with Gasteiger partial charge in [-0.2, -0.15) is 5.26 Å². The fourth-order valence-electron chi connectivity index (χ4n) is 9.88. The van der Waals surface area contributed by atoms with Crippen molar-refractivity contribution in [2.45, 2.75) is 112 Å². The zero-order valence-electron chi connectivity index (χ0n) is 23.3. The van der Waals surface area contributed by atoms with Crippen molar-refractivity contribution in [2.24, 2.45) is 45.3 Å². The highest BCUT2D eigenvalue weighted by molar-refractivity contribution is 5.84. The van der Waals surface area contributed by atoms with Gasteiger partial charge in [0, 0.05) is 17.8 Å². The fraction of sp³-hybridized carbons (Fsp3) is 0.806. The van der Waals surface area contributed by atoms with E-state index in [4.69, 9.17) is 0 Å². The second-order valence-electron chi connectivity index (χ2n) is 14.3. The van der Waals surface area contributed by atoms with Crippen LogP contribution in [-0.4, -0.2) is 21.6 Å². The van der Waals surface area contributed by atoms with Crippen molar-refractivity contribution in [3.05, 3.63) is 23.0 Å². The van der Waals surface area contributed by atoms with Crippen molar-refractivity contribution >= 4 is 5.78 Å². The monoisotopic (exact) mass is 481 g/mol. The molecule has 0 spiro atoms. The van der Waals surface area contributed by atoms with Crippen LogP contribution in [0.1, 0.15) is 107 Å². The highest BCUT2D eigenvalue weighted by atomic mass is 16.3. The first-order valence-electron chi connectivity index (χ1n) is 13.8. The first kappa shape index (κ1) is 26.5. The average Bonchev–Trinajstić information content (AvgIpc) is 3.13. The number of hydrogen-bond donors (Lipinski definition) is 2. The Morgan fingerprint density at radius 2 is 1.74 bits per heavy atom. The molecule has 0 aromatic heterocycles. The van der Waals surface area contributed by atoms with E-state index >= 15 is 0 Å². The summed E-state index contributed by atoms with van der Waals surface area (Å²) in [6, 6.07) is 2.30. The maximum Gasteiger partial charge on any atom is 0.137 e. The molecule has 4 aliphatic carbocycles. The minimum Gasteiger partial charge on any atom is -0.511 e. The van der Waals surface area contributed by atoms with Crippen molar-refractivity contribution in [3.63, 3.8) is 0 Å². The summed E-state index contributed by atoms with van der Waals surface area (Å²) in [5.74, 6) is 0.870. The number of allylic oxidation sites excluding steroid dienone is 4. The van der Waals surface area contributed by atoms with Crippen molar-refractivity contribution in [2.75, 3.05) is 0 Å². The number of rotatable bonds is 4. The molecule has 4 nitrogen and oxygen atoms in total. The van der Waals surface area contributed by atoms with Crippen molar-refractivity contribution in [1.29, 1.82) is 5.26 Å². The van der Waals surface area contributed by atoms with Crippen LogP contribution >= 0.6 is 0 Å². The van der Waals surface area contributed by atoms with Gasteiger partial charge in [-0.25, -0.2) is 0 Å². The van der Waals surface area contributed by atoms with Crippen LogP contribution < -0.4 is 0 Å². The van der Waals surface area contributed by atoms with Crippen LogP contribution in [-0.2, 0) is 4.79 Å². The molecule has 194 valence electrons. The Bertz CT molecular complexity index is 1010. The number of aliphatic hydroxyl groups excluding tert-OH is 1. The highest BCUT2D eigenvalue weighted by Gasteiger charge is 2.71. The molecule has 0 saturated heterocycles. The molecule has 2 N–H and O–H groups in total. The third-order valence-corrected chi connectivity index (χ3v) is 11.9. The van der Waals surface area contributed by atoms with Crippen LogP contribution in [0.5, 0.6) is 0 Å². The van der Waals surface area contributed by atoms with Crippen LogP contribution in [0.15, 0.2) is 23.0 Å². The van der Waals surface area contributed by atoms with Gasteiger partial charge in [-0.15, -0.1) is 0 Å². The molecule has 4 rings (SSSR count). The van der Waals surface area contributed by atoms with Gasteiger partial charge in [0.15, 0.2) is 0 Å². The van der Waals surface area contributed by atoms with Gasteiger partial charge in [0.25, 0.3) is 0 Å². The number of carbonyl (C=O) groups is 1. The van der Waals surface area contributed by atoms with Crippen LogP contribution in [0.25, 0.3) is 0 Å². The van der Waals surface area contributed by atoms with Crippen LogP contribution in [0.4, 0.5) is 0 Å². The molecule has 0 amide bonds. The summed E-state index contributed by atoms with van der Waals surface area (Å²) >= 11 is 0. The molecule has 3 fully saturated rings. The van der Waals surface area contributed by atoms with Gasteiger partial charge in [-0.1, -0.05) is 46.3 Å². The van der Waals surface area contributed by atoms with E-state index in [0.29, 0.717) is 30.6 Å². The zero-order chi connectivity index (χ0) is 26.2. The Kier molecular flexibility index (Phi) is 6.20. The molecular weight excluding hydrogens is 434 g/mol. The lowest BCUT2D eigenvalue weighted by molar-refractivity contribution is -0.198. The quantitative estimate of drug-likeness (QED) is 0.413. The van der Waals surface area contributed by atoms with Gasteiger partial charge in [0.2, 0.25) is 0 Å². The Balaban J connectivity index is 1.72. The second-order valence-corrected chi connectivity index (χ2v) is 14.3. The van der Waals surface area contributed by atoms with Gasteiger partial charge >= 0.3 is 0 Å². The summed E-state index contributed by atoms with van der Waals surface area (Å²) in [6.07, 6.45) is 8.69. The van der Waals surface area contributed by atoms with E-state index < -0.39 is 11.0 Å². The normalized spacial score (nSPS) is 43.9. The Labute approximate surface area is 212 Å². The summed E-state index contributed by atoms with van der Waals surface area (Å²) in [5.41, 5.74) is 0.0398. The maximum absolute atomic E-state index is 14.1. The number of nitrogens with zero attached hydrogens (tertiary/aromatic N) is 1. The lowest BCUT2D eigenvalue weighted by Gasteiger charge is -2.68. The second kappa shape index (κ2) is 8.20. The lowest BCUT2D eigenvalue weighted by atomic mass is 9.35. The third-order valence-electron chi connectivity index (χ3n) is 11.9. The Hall–Kier alpha value is -1.60. The number of nitriles is 1. The zero-order valence-corrected chi connectivity index (χ0v) is 23.3. The molecule has 4 heteroatoms. The number of fused-ring (bicyclic) bond motifs is 5. The Morgan fingerprint density at radius 3 is 2.34 bits per heavy atom. The van der Waals surface area contributed by atoms with Crippen LogP contribution in [0, 0.1) is 56.7 Å². The first-order chi connectivity index (χ1) is 16.1. The Morgan fingerprint density at radius 1 is 1.11 bits per heavy atom. The van der Waals surface area contributed by atoms with E-state index in [-0.39, 0.29) is 45.7 Å². The molecule has 0 aromatic rings. The third kappa shape index (κ3) is 3.58. The highest BCUT2D eigenvalue weighted by Crippen LogP contribution is 2.75. The molecule has 5 unspecified atom stereocenters. The first-order valence-corrected chi connectivity index (χ1v) is 13.8. The van der Waals surface area contributed by atoms with E-state index in [1.807, 2.05) is 6.92 Å². The predicted octanol–water partition coefficient (Wildman–Crippen LogP) is 7.29. The number of ketones is 1. The van der Waals surface area contributed by atoms with Gasteiger partial charge in [-0.3, -0.25) is 4.79 Å². The SMILES string of the molecule is CC(C)=CCCC(C)(O)C1CC[C@]2(C)C1C(=O)CC1[C@@]3(C)CC(C#N)=C(O)C(C)(C)C3CC[C@]12C. The number of aliphatic hydroxyl groups is 2. The molecule has 0 heterocycles. The fourth-order valence-corrected chi connectivity index (χ4v) is 9.88. The molecule has 4 aliphatic rings. The number of Topliss-reactive ketones (excluding diaryl/α,β-unsaturated/α-hetero) is 1. The minimum absolute atomic E-state index is 0.00438. The van der Waals surface area contributed by atoms with Gasteiger partial charge in [0.1, 0.15) is 11.5 Å². The van der Waals surface area contributed by atoms with Crippen molar-refractivity contribution in [1.82, 2.24) is 0 Å². The summed E-state index contributed by atoms with van der Waals surface area (Å²) in [5, 5.41) is 32.5. The lowest BCUT2D eigenvalue weighted by Crippen LogP contribution is -2.64. The van der Waals surface area contributed by atoms with Crippen LogP contribution in [0.2, 0.25) is 0 Å². The molecule has 0 aliphatic heterocycles. The number of hydrogen-bond acceptors (Lipinski definition) is 4. The van der Waals surface area contributed by atoms with Crippen molar-refractivity contribution < 1.29 is 15.0 Å². The maximum atomic E-state index is 14.1. The topological polar surface area (TPSA) is 81.3 Å². The molecule has 3 saturated carbocycles. The van der Waals surface area contributed by atoms with E-state index in [9.17, 15) is 20.3 Å². The molecule has 0 bridgehead atoms.